The Balaban J connectivity index is 2.02. The molecule has 0 saturated carbocycles. The summed E-state index contributed by atoms with van der Waals surface area (Å²) in [5.41, 5.74) is 0.887. The summed E-state index contributed by atoms with van der Waals surface area (Å²) in [5, 5.41) is 9.29. The molecule has 0 bridgehead atoms. The molecule has 1 N–H and O–H groups in total. The van der Waals surface area contributed by atoms with Gasteiger partial charge in [0.05, 0.1) is 12.7 Å². The van der Waals surface area contributed by atoms with E-state index in [-0.39, 0.29) is 11.2 Å². The first-order chi connectivity index (χ1) is 7.66. The van der Waals surface area contributed by atoms with E-state index in [0.29, 0.717) is 6.61 Å². The number of ether oxygens (including phenoxy) is 1. The highest BCUT2D eigenvalue weighted by molar-refractivity contribution is 8.00. The van der Waals surface area contributed by atoms with E-state index in [2.05, 4.69) is 0 Å². The largest absolute Gasteiger partial charge is 0.465 e. The second-order valence-corrected chi connectivity index (χ2v) is 5.08. The second-order valence-electron chi connectivity index (χ2n) is 3.81. The van der Waals surface area contributed by atoms with E-state index in [0.717, 1.165) is 16.9 Å². The Morgan fingerprint density at radius 1 is 1.44 bits per heavy atom. The van der Waals surface area contributed by atoms with Crippen molar-refractivity contribution in [2.24, 2.45) is 0 Å². The molecule has 0 spiro atoms. The zero-order chi connectivity index (χ0) is 11.5. The summed E-state index contributed by atoms with van der Waals surface area (Å²) in [6.07, 6.45) is 0.331. The van der Waals surface area contributed by atoms with Crippen molar-refractivity contribution in [1.29, 1.82) is 0 Å². The molecule has 86 valence electrons. The van der Waals surface area contributed by atoms with Crippen LogP contribution in [0.25, 0.3) is 0 Å². The molecule has 16 heavy (non-hydrogen) atoms. The van der Waals surface area contributed by atoms with Gasteiger partial charge in [0.15, 0.2) is 0 Å². The van der Waals surface area contributed by atoms with Gasteiger partial charge in [0.25, 0.3) is 0 Å². The Hall–Kier alpha value is -1.00. The average molecular weight is 238 g/mol. The number of aliphatic hydroxyl groups excluding tert-OH is 1. The van der Waals surface area contributed by atoms with Crippen LogP contribution in [0, 0.1) is 0 Å². The maximum atomic E-state index is 11.3. The van der Waals surface area contributed by atoms with Gasteiger partial charge in [0, 0.05) is 11.3 Å². The minimum absolute atomic E-state index is 0.0719. The number of aliphatic hydroxyl groups is 1. The number of carbonyl (C=O) groups excluding carboxylic acids is 1. The molecule has 2 unspecified atom stereocenters. The Labute approximate surface area is 98.8 Å². The fourth-order valence-corrected chi connectivity index (χ4v) is 2.57. The van der Waals surface area contributed by atoms with E-state index in [1.54, 1.807) is 6.92 Å². The van der Waals surface area contributed by atoms with Gasteiger partial charge in [0.2, 0.25) is 0 Å². The molecular formula is C12H14O3S. The topological polar surface area (TPSA) is 46.5 Å². The molecule has 1 saturated heterocycles. The molecule has 4 heteroatoms. The number of benzene rings is 1. The number of esters is 1. The summed E-state index contributed by atoms with van der Waals surface area (Å²) in [6, 6.07) is 7.62. The van der Waals surface area contributed by atoms with E-state index < -0.39 is 6.10 Å². The normalized spacial score (nSPS) is 21.9. The lowest BCUT2D eigenvalue weighted by atomic mass is 10.1. The molecule has 1 aromatic carbocycles. The van der Waals surface area contributed by atoms with Gasteiger partial charge >= 0.3 is 5.97 Å². The van der Waals surface area contributed by atoms with Crippen molar-refractivity contribution in [3.05, 3.63) is 29.8 Å². The van der Waals surface area contributed by atoms with Crippen molar-refractivity contribution in [3.63, 3.8) is 0 Å². The Bertz CT molecular complexity index is 372. The van der Waals surface area contributed by atoms with Crippen LogP contribution < -0.4 is 0 Å². The fourth-order valence-electron chi connectivity index (χ4n) is 1.57. The predicted octanol–water partition coefficient (Wildman–Crippen LogP) is 2.15. The summed E-state index contributed by atoms with van der Waals surface area (Å²) in [5.74, 6) is -0.121. The predicted molar refractivity (Wildman–Crippen MR) is 62.3 cm³/mol. The zero-order valence-corrected chi connectivity index (χ0v) is 9.87. The average Bonchev–Trinajstić information content (AvgIpc) is 2.65. The molecule has 1 fully saturated rings. The lowest BCUT2D eigenvalue weighted by molar-refractivity contribution is -0.137. The highest BCUT2D eigenvalue weighted by Gasteiger charge is 2.27. The van der Waals surface area contributed by atoms with Gasteiger partial charge in [-0.1, -0.05) is 12.1 Å². The smallest absolute Gasteiger partial charge is 0.319 e. The number of cyclic esters (lactones) is 1. The Kier molecular flexibility index (Phi) is 3.51. The van der Waals surface area contributed by atoms with Crippen LogP contribution in [0.5, 0.6) is 0 Å². The van der Waals surface area contributed by atoms with E-state index in [1.807, 2.05) is 24.3 Å². The highest BCUT2D eigenvalue weighted by Crippen LogP contribution is 2.30. The number of carbonyl (C=O) groups is 1. The molecule has 1 aliphatic rings. The van der Waals surface area contributed by atoms with Crippen molar-refractivity contribution in [2.45, 2.75) is 29.6 Å². The molecular weight excluding hydrogens is 224 g/mol. The first kappa shape index (κ1) is 11.5. The van der Waals surface area contributed by atoms with Crippen molar-refractivity contribution in [3.8, 4) is 0 Å². The second kappa shape index (κ2) is 4.89. The lowest BCUT2D eigenvalue weighted by Crippen LogP contribution is -2.09. The molecule has 0 aliphatic carbocycles. The van der Waals surface area contributed by atoms with Gasteiger partial charge < -0.3 is 9.84 Å². The number of hydrogen-bond acceptors (Lipinski definition) is 4. The first-order valence-corrected chi connectivity index (χ1v) is 6.16. The third kappa shape index (κ3) is 2.57. The van der Waals surface area contributed by atoms with Gasteiger partial charge in [-0.25, -0.2) is 0 Å². The summed E-state index contributed by atoms with van der Waals surface area (Å²) in [6.45, 7) is 2.26. The molecule has 2 atom stereocenters. The lowest BCUT2D eigenvalue weighted by Gasteiger charge is -2.08. The number of hydrogen-bond donors (Lipinski definition) is 1. The zero-order valence-electron chi connectivity index (χ0n) is 9.05. The van der Waals surface area contributed by atoms with Crippen molar-refractivity contribution < 1.29 is 14.6 Å². The van der Waals surface area contributed by atoms with Gasteiger partial charge in [0.1, 0.15) is 5.25 Å². The van der Waals surface area contributed by atoms with Crippen molar-refractivity contribution >= 4 is 17.7 Å². The van der Waals surface area contributed by atoms with E-state index in [9.17, 15) is 9.90 Å². The molecule has 1 heterocycles. The van der Waals surface area contributed by atoms with E-state index >= 15 is 0 Å². The first-order valence-electron chi connectivity index (χ1n) is 5.28. The maximum Gasteiger partial charge on any atom is 0.319 e. The fraction of sp³-hybridized carbons (Fsp3) is 0.417. The summed E-state index contributed by atoms with van der Waals surface area (Å²) in [7, 11) is 0. The quantitative estimate of drug-likeness (QED) is 0.820. The van der Waals surface area contributed by atoms with Crippen LogP contribution >= 0.6 is 11.8 Å². The standard InChI is InChI=1S/C12H14O3S/c1-8(13)9-2-4-10(5-3-9)16-11-6-7-15-12(11)14/h2-5,8,11,13H,6-7H2,1H3. The summed E-state index contributed by atoms with van der Waals surface area (Å²) >= 11 is 1.52. The van der Waals surface area contributed by atoms with Crippen LogP contribution in [0.15, 0.2) is 29.2 Å². The van der Waals surface area contributed by atoms with E-state index in [1.165, 1.54) is 11.8 Å². The molecule has 1 aromatic rings. The van der Waals surface area contributed by atoms with Crippen LogP contribution in [-0.2, 0) is 9.53 Å². The third-order valence-corrected chi connectivity index (χ3v) is 3.79. The molecule has 1 aliphatic heterocycles. The van der Waals surface area contributed by atoms with Crippen LogP contribution in [0.3, 0.4) is 0 Å². The maximum absolute atomic E-state index is 11.3. The Morgan fingerprint density at radius 2 is 2.12 bits per heavy atom. The van der Waals surface area contributed by atoms with Crippen LogP contribution in [0.2, 0.25) is 0 Å². The third-order valence-electron chi connectivity index (χ3n) is 2.53. The van der Waals surface area contributed by atoms with Gasteiger partial charge in [-0.2, -0.15) is 0 Å². The van der Waals surface area contributed by atoms with Crippen LogP contribution in [0.4, 0.5) is 0 Å². The van der Waals surface area contributed by atoms with Crippen molar-refractivity contribution in [1.82, 2.24) is 0 Å². The SMILES string of the molecule is CC(O)c1ccc(SC2CCOC2=O)cc1. The van der Waals surface area contributed by atoms with Crippen LogP contribution in [0.1, 0.15) is 25.0 Å². The monoisotopic (exact) mass is 238 g/mol. The molecule has 3 nitrogen and oxygen atoms in total. The van der Waals surface area contributed by atoms with Gasteiger partial charge in [-0.3, -0.25) is 4.79 Å². The molecule has 0 amide bonds. The minimum atomic E-state index is -0.449. The molecule has 0 radical (unpaired) electrons. The summed E-state index contributed by atoms with van der Waals surface area (Å²) in [4.78, 5) is 12.3. The molecule has 0 aromatic heterocycles. The number of thioether (sulfide) groups is 1. The minimum Gasteiger partial charge on any atom is -0.465 e. The number of rotatable bonds is 3. The Morgan fingerprint density at radius 3 is 2.62 bits per heavy atom. The molecule has 2 rings (SSSR count). The van der Waals surface area contributed by atoms with Gasteiger partial charge in [-0.15, -0.1) is 11.8 Å². The summed E-state index contributed by atoms with van der Waals surface area (Å²) < 4.78 is 4.90. The van der Waals surface area contributed by atoms with E-state index in [4.69, 9.17) is 4.74 Å². The highest BCUT2D eigenvalue weighted by atomic mass is 32.2. The van der Waals surface area contributed by atoms with Crippen molar-refractivity contribution in [2.75, 3.05) is 6.61 Å². The van der Waals surface area contributed by atoms with Crippen LogP contribution in [-0.4, -0.2) is 22.9 Å². The van der Waals surface area contributed by atoms with Gasteiger partial charge in [-0.05, 0) is 24.6 Å².